The fraction of sp³-hybridized carbons (Fsp3) is 0.125. The molecular weight excluding hydrogens is 432 g/mol. The van der Waals surface area contributed by atoms with Gasteiger partial charge in [-0.1, -0.05) is 31.9 Å². The molecule has 1 unspecified atom stereocenters. The molecule has 0 amide bonds. The fourth-order valence-corrected chi connectivity index (χ4v) is 3.04. The summed E-state index contributed by atoms with van der Waals surface area (Å²) in [5, 5.41) is 9.21. The van der Waals surface area contributed by atoms with Crippen LogP contribution in [0.3, 0.4) is 0 Å². The van der Waals surface area contributed by atoms with Crippen LogP contribution in [0.4, 0.5) is 0 Å². The van der Waals surface area contributed by atoms with Gasteiger partial charge >= 0.3 is 11.9 Å². The monoisotopic (exact) mass is 440 g/mol. The Morgan fingerprint density at radius 2 is 1.61 bits per heavy atom. The Labute approximate surface area is 148 Å². The smallest absolute Gasteiger partial charge is 0.341 e. The van der Waals surface area contributed by atoms with E-state index in [2.05, 4.69) is 36.6 Å². The van der Waals surface area contributed by atoms with E-state index in [1.165, 1.54) is 0 Å². The van der Waals surface area contributed by atoms with E-state index >= 15 is 0 Å². The number of carbonyl (C=O) groups excluding carboxylic acids is 2. The summed E-state index contributed by atoms with van der Waals surface area (Å²) < 4.78 is 11.2. The molecule has 0 radical (unpaired) electrons. The molecular formula is C16H10Br2O5. The van der Waals surface area contributed by atoms with Crippen LogP contribution < -0.4 is 0 Å². The third-order valence-electron chi connectivity index (χ3n) is 3.36. The van der Waals surface area contributed by atoms with Crippen molar-refractivity contribution < 1.29 is 24.2 Å². The molecule has 0 aromatic heterocycles. The molecule has 0 bridgehead atoms. The Bertz CT molecular complexity index is 803. The number of esters is 2. The lowest BCUT2D eigenvalue weighted by Crippen LogP contribution is -1.95. The van der Waals surface area contributed by atoms with Gasteiger partial charge in [0.15, 0.2) is 0 Å². The Morgan fingerprint density at radius 3 is 2.35 bits per heavy atom. The van der Waals surface area contributed by atoms with Gasteiger partial charge in [-0.05, 0) is 36.4 Å². The highest BCUT2D eigenvalue weighted by Gasteiger charge is 2.29. The van der Waals surface area contributed by atoms with Gasteiger partial charge < -0.3 is 14.6 Å². The SMILES string of the molecule is O=C1OC(O)c2cc(Br)ccc21.O=C1OCc2cc(Br)ccc21. The first-order valence-corrected chi connectivity index (χ1v) is 8.18. The van der Waals surface area contributed by atoms with Gasteiger partial charge in [0, 0.05) is 20.1 Å². The second-order valence-corrected chi connectivity index (χ2v) is 6.70. The highest BCUT2D eigenvalue weighted by atomic mass is 79.9. The van der Waals surface area contributed by atoms with Crippen LogP contribution in [0.25, 0.3) is 0 Å². The van der Waals surface area contributed by atoms with Crippen LogP contribution in [0, 0.1) is 0 Å². The van der Waals surface area contributed by atoms with Gasteiger partial charge in [-0.2, -0.15) is 0 Å². The summed E-state index contributed by atoms with van der Waals surface area (Å²) in [4.78, 5) is 21.9. The van der Waals surface area contributed by atoms with Crippen molar-refractivity contribution in [1.29, 1.82) is 0 Å². The molecule has 1 N–H and O–H groups in total. The van der Waals surface area contributed by atoms with Crippen molar-refractivity contribution in [2.75, 3.05) is 0 Å². The zero-order valence-electron chi connectivity index (χ0n) is 11.6. The third-order valence-corrected chi connectivity index (χ3v) is 4.35. The average Bonchev–Trinajstić information content (AvgIpc) is 3.00. The Hall–Kier alpha value is -1.70. The minimum Gasteiger partial charge on any atom is -0.457 e. The maximum Gasteiger partial charge on any atom is 0.341 e. The number of halogens is 2. The van der Waals surface area contributed by atoms with Gasteiger partial charge in [-0.15, -0.1) is 0 Å². The standard InChI is InChI=1S/C8H5BrO3.C8H5BrO2/c9-4-1-2-5-6(3-4)8(11)12-7(5)10;9-6-1-2-7-5(3-6)4-11-8(7)10/h1-3,8,11H;1-3H,4H2. The molecule has 0 saturated heterocycles. The first-order valence-electron chi connectivity index (χ1n) is 6.60. The van der Waals surface area contributed by atoms with Crippen molar-refractivity contribution in [2.24, 2.45) is 0 Å². The molecule has 1 atom stereocenters. The van der Waals surface area contributed by atoms with E-state index in [4.69, 9.17) is 4.74 Å². The molecule has 2 aliphatic heterocycles. The third kappa shape index (κ3) is 3.31. The molecule has 7 heteroatoms. The lowest BCUT2D eigenvalue weighted by atomic mass is 10.1. The lowest BCUT2D eigenvalue weighted by Gasteiger charge is -2.00. The highest BCUT2D eigenvalue weighted by Crippen LogP contribution is 2.30. The summed E-state index contributed by atoms with van der Waals surface area (Å²) in [6.45, 7) is 0.410. The van der Waals surface area contributed by atoms with Crippen LogP contribution in [-0.4, -0.2) is 17.0 Å². The summed E-state index contributed by atoms with van der Waals surface area (Å²) in [6, 6.07) is 10.5. The normalized spacial score (nSPS) is 17.6. The van der Waals surface area contributed by atoms with Crippen LogP contribution >= 0.6 is 31.9 Å². The van der Waals surface area contributed by atoms with Gasteiger partial charge in [0.25, 0.3) is 0 Å². The maximum atomic E-state index is 11.0. The summed E-state index contributed by atoms with van der Waals surface area (Å²) >= 11 is 6.55. The summed E-state index contributed by atoms with van der Waals surface area (Å²) in [5.74, 6) is -0.683. The second-order valence-electron chi connectivity index (χ2n) is 4.87. The maximum absolute atomic E-state index is 11.0. The average molecular weight is 442 g/mol. The van der Waals surface area contributed by atoms with E-state index in [1.807, 2.05) is 12.1 Å². The van der Waals surface area contributed by atoms with Gasteiger partial charge in [0.1, 0.15) is 6.61 Å². The number of fused-ring (bicyclic) bond motifs is 2. The number of rotatable bonds is 0. The van der Waals surface area contributed by atoms with Crippen LogP contribution in [0.2, 0.25) is 0 Å². The largest absolute Gasteiger partial charge is 0.457 e. The Balaban J connectivity index is 0.000000136. The molecule has 118 valence electrons. The van der Waals surface area contributed by atoms with Crippen LogP contribution in [0.15, 0.2) is 45.3 Å². The number of carbonyl (C=O) groups is 2. The number of hydrogen-bond donors (Lipinski definition) is 1. The first-order chi connectivity index (χ1) is 11.0. The minimum atomic E-state index is -1.11. The van der Waals surface area contributed by atoms with E-state index in [0.29, 0.717) is 23.3 Å². The van der Waals surface area contributed by atoms with E-state index in [0.717, 1.165) is 14.5 Å². The Morgan fingerprint density at radius 1 is 0.957 bits per heavy atom. The molecule has 0 saturated carbocycles. The summed E-state index contributed by atoms with van der Waals surface area (Å²) in [6.07, 6.45) is -1.11. The van der Waals surface area contributed by atoms with E-state index in [1.54, 1.807) is 24.3 Å². The van der Waals surface area contributed by atoms with E-state index in [-0.39, 0.29) is 5.97 Å². The molecule has 0 fully saturated rings. The topological polar surface area (TPSA) is 72.8 Å². The van der Waals surface area contributed by atoms with Crippen molar-refractivity contribution in [3.05, 3.63) is 67.6 Å². The van der Waals surface area contributed by atoms with Gasteiger partial charge in [0.05, 0.1) is 11.1 Å². The molecule has 0 aliphatic carbocycles. The van der Waals surface area contributed by atoms with Crippen LogP contribution in [0.5, 0.6) is 0 Å². The van der Waals surface area contributed by atoms with Crippen molar-refractivity contribution in [3.63, 3.8) is 0 Å². The molecule has 0 spiro atoms. The van der Waals surface area contributed by atoms with Crippen LogP contribution in [-0.2, 0) is 16.1 Å². The van der Waals surface area contributed by atoms with E-state index < -0.39 is 12.3 Å². The number of cyclic esters (lactones) is 2. The van der Waals surface area contributed by atoms with Crippen molar-refractivity contribution in [2.45, 2.75) is 12.9 Å². The Kier molecular flexibility index (Phi) is 4.52. The lowest BCUT2D eigenvalue weighted by molar-refractivity contribution is -0.0548. The molecule has 2 aromatic carbocycles. The summed E-state index contributed by atoms with van der Waals surface area (Å²) in [7, 11) is 0. The molecule has 2 aromatic rings. The molecule has 23 heavy (non-hydrogen) atoms. The number of hydrogen-bond acceptors (Lipinski definition) is 5. The molecule has 2 aliphatic rings. The number of ether oxygens (including phenoxy) is 2. The predicted molar refractivity (Wildman–Crippen MR) is 87.8 cm³/mol. The fourth-order valence-electron chi connectivity index (χ4n) is 2.25. The molecule has 5 nitrogen and oxygen atoms in total. The first kappa shape index (κ1) is 16.2. The molecule has 4 rings (SSSR count). The van der Waals surface area contributed by atoms with Crippen molar-refractivity contribution >= 4 is 43.8 Å². The minimum absolute atomic E-state index is 0.215. The number of aliphatic hydroxyl groups excluding tert-OH is 1. The second kappa shape index (κ2) is 6.43. The zero-order valence-corrected chi connectivity index (χ0v) is 14.8. The van der Waals surface area contributed by atoms with Crippen molar-refractivity contribution in [1.82, 2.24) is 0 Å². The highest BCUT2D eigenvalue weighted by molar-refractivity contribution is 9.10. The van der Waals surface area contributed by atoms with Crippen molar-refractivity contribution in [3.8, 4) is 0 Å². The predicted octanol–water partition coefficient (Wildman–Crippen LogP) is 3.73. The van der Waals surface area contributed by atoms with Gasteiger partial charge in [-0.25, -0.2) is 9.59 Å². The molecule has 2 heterocycles. The van der Waals surface area contributed by atoms with Gasteiger partial charge in [-0.3, -0.25) is 0 Å². The van der Waals surface area contributed by atoms with Crippen LogP contribution in [0.1, 0.15) is 38.1 Å². The van der Waals surface area contributed by atoms with Gasteiger partial charge in [0.2, 0.25) is 6.29 Å². The quantitative estimate of drug-likeness (QED) is 0.630. The summed E-state index contributed by atoms with van der Waals surface area (Å²) in [5.41, 5.74) is 2.61. The number of benzene rings is 2. The zero-order chi connectivity index (χ0) is 16.6. The number of aliphatic hydroxyl groups is 1. The van der Waals surface area contributed by atoms with E-state index in [9.17, 15) is 14.7 Å².